The topological polar surface area (TPSA) is 20.2 Å². The van der Waals surface area contributed by atoms with Gasteiger partial charge in [-0.2, -0.15) is 0 Å². The van der Waals surface area contributed by atoms with Gasteiger partial charge in [0.15, 0.2) is 0 Å². The highest BCUT2D eigenvalue weighted by atomic mass is 79.9. The van der Waals surface area contributed by atoms with Gasteiger partial charge in [-0.1, -0.05) is 29.3 Å². The third-order valence-electron chi connectivity index (χ3n) is 2.63. The minimum atomic E-state index is -0.350. The van der Waals surface area contributed by atoms with E-state index in [4.69, 9.17) is 0 Å². The molecule has 0 heterocycles. The van der Waals surface area contributed by atoms with Gasteiger partial charge in [0.25, 0.3) is 0 Å². The van der Waals surface area contributed by atoms with Crippen molar-refractivity contribution in [2.75, 3.05) is 0 Å². The number of hydrogen-bond acceptors (Lipinski definition) is 1. The molecule has 0 bridgehead atoms. The normalized spacial score (nSPS) is 15.0. The van der Waals surface area contributed by atoms with Crippen LogP contribution >= 0.6 is 15.9 Å². The SMILES string of the molecule is CCC(Cc1cc(F)cc(Br)c1)C(C)O. The zero-order chi connectivity index (χ0) is 11.4. The van der Waals surface area contributed by atoms with Crippen LogP contribution in [0.5, 0.6) is 0 Å². The van der Waals surface area contributed by atoms with Crippen molar-refractivity contribution in [3.8, 4) is 0 Å². The molecule has 0 aliphatic heterocycles. The summed E-state index contributed by atoms with van der Waals surface area (Å²) in [4.78, 5) is 0. The lowest BCUT2D eigenvalue weighted by molar-refractivity contribution is 0.123. The third-order valence-corrected chi connectivity index (χ3v) is 3.08. The van der Waals surface area contributed by atoms with Crippen LogP contribution in [0.2, 0.25) is 0 Å². The van der Waals surface area contributed by atoms with Crippen LogP contribution in [0.15, 0.2) is 22.7 Å². The van der Waals surface area contributed by atoms with E-state index in [1.165, 1.54) is 12.1 Å². The zero-order valence-corrected chi connectivity index (χ0v) is 10.6. The van der Waals surface area contributed by atoms with Crippen molar-refractivity contribution in [2.24, 2.45) is 5.92 Å². The fourth-order valence-electron chi connectivity index (χ4n) is 1.69. The van der Waals surface area contributed by atoms with Crippen molar-refractivity contribution in [3.05, 3.63) is 34.1 Å². The van der Waals surface area contributed by atoms with Gasteiger partial charge in [0, 0.05) is 4.47 Å². The Bertz CT molecular complexity index is 305. The van der Waals surface area contributed by atoms with Gasteiger partial charge in [0.1, 0.15) is 5.82 Å². The minimum Gasteiger partial charge on any atom is -0.393 e. The maximum atomic E-state index is 13.1. The monoisotopic (exact) mass is 274 g/mol. The van der Waals surface area contributed by atoms with Crippen LogP contribution in [0.1, 0.15) is 25.8 Å². The predicted octanol–water partition coefficient (Wildman–Crippen LogP) is 3.54. The zero-order valence-electron chi connectivity index (χ0n) is 9.00. The lowest BCUT2D eigenvalue weighted by Crippen LogP contribution is -2.18. The molecule has 0 saturated carbocycles. The molecule has 15 heavy (non-hydrogen) atoms. The summed E-state index contributed by atoms with van der Waals surface area (Å²) in [6.07, 6.45) is 1.26. The van der Waals surface area contributed by atoms with Crippen molar-refractivity contribution >= 4 is 15.9 Å². The van der Waals surface area contributed by atoms with E-state index in [9.17, 15) is 9.50 Å². The van der Waals surface area contributed by atoms with Crippen molar-refractivity contribution in [1.29, 1.82) is 0 Å². The molecule has 0 radical (unpaired) electrons. The summed E-state index contributed by atoms with van der Waals surface area (Å²) in [5, 5.41) is 9.51. The van der Waals surface area contributed by atoms with Crippen LogP contribution in [0, 0.1) is 11.7 Å². The molecule has 2 atom stereocenters. The summed E-state index contributed by atoms with van der Waals surface area (Å²) >= 11 is 3.26. The molecule has 0 spiro atoms. The fraction of sp³-hybridized carbons (Fsp3) is 0.500. The van der Waals surface area contributed by atoms with Crippen LogP contribution in [0.3, 0.4) is 0 Å². The third kappa shape index (κ3) is 3.92. The molecular weight excluding hydrogens is 259 g/mol. The Kier molecular flexibility index (Phi) is 4.74. The first-order valence-corrected chi connectivity index (χ1v) is 5.95. The lowest BCUT2D eigenvalue weighted by atomic mass is 9.92. The molecule has 0 fully saturated rings. The van der Waals surface area contributed by atoms with Gasteiger partial charge in [0.05, 0.1) is 6.10 Å². The highest BCUT2D eigenvalue weighted by molar-refractivity contribution is 9.10. The molecule has 0 saturated heterocycles. The van der Waals surface area contributed by atoms with Crippen LogP contribution in [-0.2, 0) is 6.42 Å². The molecule has 1 aromatic carbocycles. The van der Waals surface area contributed by atoms with Gasteiger partial charge in [-0.25, -0.2) is 4.39 Å². The first-order valence-electron chi connectivity index (χ1n) is 5.16. The molecule has 1 rings (SSSR count). The minimum absolute atomic E-state index is 0.193. The maximum absolute atomic E-state index is 13.1. The van der Waals surface area contributed by atoms with Gasteiger partial charge in [-0.3, -0.25) is 0 Å². The van der Waals surface area contributed by atoms with Crippen molar-refractivity contribution < 1.29 is 9.50 Å². The molecule has 1 nitrogen and oxygen atoms in total. The van der Waals surface area contributed by atoms with Crippen LogP contribution in [-0.4, -0.2) is 11.2 Å². The summed E-state index contributed by atoms with van der Waals surface area (Å²) < 4.78 is 13.8. The molecule has 0 aliphatic rings. The fourth-order valence-corrected chi connectivity index (χ4v) is 2.20. The van der Waals surface area contributed by atoms with E-state index >= 15 is 0 Å². The van der Waals surface area contributed by atoms with Crippen molar-refractivity contribution in [2.45, 2.75) is 32.8 Å². The molecule has 3 heteroatoms. The van der Waals surface area contributed by atoms with E-state index in [2.05, 4.69) is 15.9 Å². The second kappa shape index (κ2) is 5.61. The average molecular weight is 275 g/mol. The number of halogens is 2. The number of hydrogen-bond donors (Lipinski definition) is 1. The molecule has 0 aromatic heterocycles. The summed E-state index contributed by atoms with van der Waals surface area (Å²) in [7, 11) is 0. The van der Waals surface area contributed by atoms with Crippen molar-refractivity contribution in [1.82, 2.24) is 0 Å². The largest absolute Gasteiger partial charge is 0.393 e. The number of benzene rings is 1. The standard InChI is InChI=1S/C12H16BrFO/c1-3-10(8(2)15)4-9-5-11(13)7-12(14)6-9/h5-8,10,15H,3-4H2,1-2H3. The van der Waals surface area contributed by atoms with Crippen LogP contribution in [0.4, 0.5) is 4.39 Å². The number of aliphatic hydroxyl groups excluding tert-OH is 1. The second-order valence-corrected chi connectivity index (χ2v) is 4.81. The van der Waals surface area contributed by atoms with E-state index in [1.54, 1.807) is 6.92 Å². The van der Waals surface area contributed by atoms with Gasteiger partial charge in [0.2, 0.25) is 0 Å². The Balaban J connectivity index is 2.79. The van der Waals surface area contributed by atoms with Gasteiger partial charge in [-0.15, -0.1) is 0 Å². The summed E-state index contributed by atoms with van der Waals surface area (Å²) in [6, 6.07) is 4.86. The van der Waals surface area contributed by atoms with Crippen LogP contribution < -0.4 is 0 Å². The van der Waals surface area contributed by atoms with E-state index in [0.29, 0.717) is 6.42 Å². The predicted molar refractivity (Wildman–Crippen MR) is 63.3 cm³/mol. The quantitative estimate of drug-likeness (QED) is 0.891. The Morgan fingerprint density at radius 1 is 1.40 bits per heavy atom. The number of rotatable bonds is 4. The Labute approximate surface area is 98.4 Å². The van der Waals surface area contributed by atoms with E-state index in [1.807, 2.05) is 13.0 Å². The van der Waals surface area contributed by atoms with Crippen LogP contribution in [0.25, 0.3) is 0 Å². The average Bonchev–Trinajstić information content (AvgIpc) is 2.12. The van der Waals surface area contributed by atoms with E-state index < -0.39 is 0 Å². The van der Waals surface area contributed by atoms with Gasteiger partial charge in [-0.05, 0) is 43.0 Å². The van der Waals surface area contributed by atoms with Crippen molar-refractivity contribution in [3.63, 3.8) is 0 Å². The van der Waals surface area contributed by atoms with Gasteiger partial charge >= 0.3 is 0 Å². The summed E-state index contributed by atoms with van der Waals surface area (Å²) in [5.41, 5.74) is 0.926. The number of aliphatic hydroxyl groups is 1. The first-order chi connectivity index (χ1) is 7.02. The molecular formula is C12H16BrFO. The Morgan fingerprint density at radius 2 is 2.07 bits per heavy atom. The van der Waals surface area contributed by atoms with Gasteiger partial charge < -0.3 is 5.11 Å². The van der Waals surface area contributed by atoms with E-state index in [0.717, 1.165) is 16.5 Å². The molecule has 84 valence electrons. The van der Waals surface area contributed by atoms with E-state index in [-0.39, 0.29) is 17.8 Å². The maximum Gasteiger partial charge on any atom is 0.124 e. The Morgan fingerprint density at radius 3 is 2.53 bits per heavy atom. The molecule has 1 N–H and O–H groups in total. The molecule has 0 aliphatic carbocycles. The Hall–Kier alpha value is -0.410. The molecule has 0 amide bonds. The molecule has 2 unspecified atom stereocenters. The highest BCUT2D eigenvalue weighted by Gasteiger charge is 2.13. The lowest BCUT2D eigenvalue weighted by Gasteiger charge is -2.18. The molecule has 1 aromatic rings. The smallest absolute Gasteiger partial charge is 0.124 e. The summed E-state index contributed by atoms with van der Waals surface area (Å²) in [5.74, 6) is -0.0430. The highest BCUT2D eigenvalue weighted by Crippen LogP contribution is 2.20. The summed E-state index contributed by atoms with van der Waals surface area (Å²) in [6.45, 7) is 3.81. The first kappa shape index (κ1) is 12.7. The second-order valence-electron chi connectivity index (χ2n) is 3.89.